The number of amides is 1. The quantitative estimate of drug-likeness (QED) is 0.657. The van der Waals surface area contributed by atoms with E-state index >= 15 is 0 Å². The van der Waals surface area contributed by atoms with Gasteiger partial charge in [-0.2, -0.15) is 0 Å². The fourth-order valence-electron chi connectivity index (χ4n) is 2.71. The lowest BCUT2D eigenvalue weighted by atomic mass is 9.98. The molecule has 0 fully saturated rings. The average molecular weight is 366 g/mol. The minimum absolute atomic E-state index is 0.0475. The molecule has 5 heteroatoms. The summed E-state index contributed by atoms with van der Waals surface area (Å²) < 4.78 is 0. The van der Waals surface area contributed by atoms with Crippen molar-refractivity contribution < 1.29 is 4.79 Å². The molecule has 0 aromatic carbocycles. The molecule has 0 aliphatic carbocycles. The van der Waals surface area contributed by atoms with Crippen LogP contribution in [0.1, 0.15) is 63.5 Å². The molecule has 1 rings (SSSR count). The van der Waals surface area contributed by atoms with Gasteiger partial charge in [-0.3, -0.25) is 4.79 Å². The minimum atomic E-state index is -0.102. The Balaban J connectivity index is 2.78. The standard InChI is InChI=1S/C20H35N3OS/c1-7-9-18-16(10-13(3)4)22-19(25-18)11-15(6)20(24)23-17(12-21)14(5)8-2/h7,9,13-15,17H,8,10-12,21H2,1-6H3,(H,23,24)/b9-7-/t14?,15-,17?/m0/s1. The summed E-state index contributed by atoms with van der Waals surface area (Å²) in [6.45, 7) is 13.1. The van der Waals surface area contributed by atoms with Crippen LogP contribution in [0.2, 0.25) is 0 Å². The van der Waals surface area contributed by atoms with Gasteiger partial charge in [-0.1, -0.05) is 47.1 Å². The normalized spacial score (nSPS) is 15.5. The van der Waals surface area contributed by atoms with Gasteiger partial charge >= 0.3 is 0 Å². The van der Waals surface area contributed by atoms with E-state index in [1.807, 2.05) is 13.8 Å². The van der Waals surface area contributed by atoms with Gasteiger partial charge in [0, 0.05) is 24.9 Å². The fraction of sp³-hybridized carbons (Fsp3) is 0.700. The Labute approximate surface area is 157 Å². The van der Waals surface area contributed by atoms with Crippen LogP contribution in [-0.4, -0.2) is 23.5 Å². The second-order valence-corrected chi connectivity index (χ2v) is 8.47. The van der Waals surface area contributed by atoms with Gasteiger partial charge in [-0.15, -0.1) is 11.3 Å². The molecule has 0 spiro atoms. The third kappa shape index (κ3) is 6.90. The van der Waals surface area contributed by atoms with Crippen molar-refractivity contribution in [3.63, 3.8) is 0 Å². The van der Waals surface area contributed by atoms with Gasteiger partial charge in [-0.25, -0.2) is 4.98 Å². The number of hydrogen-bond acceptors (Lipinski definition) is 4. The molecule has 1 heterocycles. The maximum atomic E-state index is 12.5. The third-order valence-electron chi connectivity index (χ3n) is 4.53. The van der Waals surface area contributed by atoms with Crippen molar-refractivity contribution in [1.29, 1.82) is 0 Å². The molecule has 2 unspecified atom stereocenters. The van der Waals surface area contributed by atoms with Crippen molar-refractivity contribution >= 4 is 23.3 Å². The third-order valence-corrected chi connectivity index (χ3v) is 5.62. The molecule has 0 bridgehead atoms. The van der Waals surface area contributed by atoms with Crippen molar-refractivity contribution in [3.8, 4) is 0 Å². The summed E-state index contributed by atoms with van der Waals surface area (Å²) in [6, 6.07) is 0.0475. The molecule has 1 aromatic rings. The van der Waals surface area contributed by atoms with Crippen molar-refractivity contribution in [2.24, 2.45) is 23.5 Å². The number of aromatic nitrogens is 1. The average Bonchev–Trinajstić information content (AvgIpc) is 2.92. The van der Waals surface area contributed by atoms with Gasteiger partial charge in [-0.05, 0) is 31.3 Å². The van der Waals surface area contributed by atoms with E-state index in [0.717, 1.165) is 23.5 Å². The molecule has 3 N–H and O–H groups in total. The number of carbonyl (C=O) groups is 1. The number of thiazole rings is 1. The van der Waals surface area contributed by atoms with Gasteiger partial charge in [0.05, 0.1) is 15.6 Å². The van der Waals surface area contributed by atoms with Gasteiger partial charge in [0.15, 0.2) is 0 Å². The molecule has 0 saturated heterocycles. The van der Waals surface area contributed by atoms with E-state index in [0.29, 0.717) is 24.8 Å². The Hall–Kier alpha value is -1.20. The number of nitrogens with one attached hydrogen (secondary N) is 1. The van der Waals surface area contributed by atoms with Crippen LogP contribution in [0.5, 0.6) is 0 Å². The van der Waals surface area contributed by atoms with Crippen molar-refractivity contribution in [1.82, 2.24) is 10.3 Å². The SMILES string of the molecule is C/C=C\c1sc(C[C@H](C)C(=O)NC(CN)C(C)CC)nc1CC(C)C. The Morgan fingerprint density at radius 2 is 1.96 bits per heavy atom. The van der Waals surface area contributed by atoms with Crippen LogP contribution in [0.3, 0.4) is 0 Å². The summed E-state index contributed by atoms with van der Waals surface area (Å²) in [5, 5.41) is 4.16. The molecule has 1 aromatic heterocycles. The lowest BCUT2D eigenvalue weighted by Crippen LogP contribution is -2.46. The molecule has 0 aliphatic heterocycles. The maximum Gasteiger partial charge on any atom is 0.223 e. The highest BCUT2D eigenvalue weighted by atomic mass is 32.1. The van der Waals surface area contributed by atoms with Gasteiger partial charge in [0.25, 0.3) is 0 Å². The van der Waals surface area contributed by atoms with Crippen LogP contribution >= 0.6 is 11.3 Å². The Morgan fingerprint density at radius 1 is 1.28 bits per heavy atom. The summed E-state index contributed by atoms with van der Waals surface area (Å²) in [6.07, 6.45) is 6.83. The van der Waals surface area contributed by atoms with Crippen LogP contribution in [0.15, 0.2) is 6.08 Å². The van der Waals surface area contributed by atoms with E-state index in [9.17, 15) is 4.79 Å². The second-order valence-electron chi connectivity index (χ2n) is 7.36. The summed E-state index contributed by atoms with van der Waals surface area (Å²) in [5.74, 6) is 0.930. The summed E-state index contributed by atoms with van der Waals surface area (Å²) in [4.78, 5) is 18.6. The zero-order valence-electron chi connectivity index (χ0n) is 16.6. The molecule has 4 nitrogen and oxygen atoms in total. The molecule has 0 aliphatic rings. The van der Waals surface area contributed by atoms with Crippen LogP contribution < -0.4 is 11.1 Å². The second kappa shape index (κ2) is 10.7. The van der Waals surface area contributed by atoms with Gasteiger partial charge in [0.2, 0.25) is 5.91 Å². The van der Waals surface area contributed by atoms with Gasteiger partial charge in [0.1, 0.15) is 0 Å². The summed E-state index contributed by atoms with van der Waals surface area (Å²) in [7, 11) is 0. The van der Waals surface area contributed by atoms with Crippen LogP contribution in [0, 0.1) is 17.8 Å². The molecule has 1 amide bonds. The first-order valence-corrected chi connectivity index (χ1v) is 10.3. The van der Waals surface area contributed by atoms with Crippen LogP contribution in [-0.2, 0) is 17.6 Å². The van der Waals surface area contributed by atoms with Crippen LogP contribution in [0.4, 0.5) is 0 Å². The van der Waals surface area contributed by atoms with E-state index in [2.05, 4.69) is 45.2 Å². The molecule has 0 radical (unpaired) electrons. The molecule has 3 atom stereocenters. The monoisotopic (exact) mass is 365 g/mol. The Morgan fingerprint density at radius 3 is 2.48 bits per heavy atom. The minimum Gasteiger partial charge on any atom is -0.352 e. The first-order valence-electron chi connectivity index (χ1n) is 9.43. The first kappa shape index (κ1) is 21.8. The van der Waals surface area contributed by atoms with Crippen molar-refractivity contribution in [3.05, 3.63) is 21.7 Å². The predicted molar refractivity (Wildman–Crippen MR) is 109 cm³/mol. The van der Waals surface area contributed by atoms with Crippen molar-refractivity contribution in [2.75, 3.05) is 6.54 Å². The zero-order chi connectivity index (χ0) is 19.0. The summed E-state index contributed by atoms with van der Waals surface area (Å²) >= 11 is 1.70. The molecular formula is C20H35N3OS. The Kier molecular flexibility index (Phi) is 9.36. The topological polar surface area (TPSA) is 68.0 Å². The number of nitrogens with zero attached hydrogens (tertiary/aromatic N) is 1. The Bertz CT molecular complexity index is 565. The number of rotatable bonds is 10. The summed E-state index contributed by atoms with van der Waals surface area (Å²) in [5.41, 5.74) is 6.97. The fourth-order valence-corrected chi connectivity index (χ4v) is 3.91. The first-order chi connectivity index (χ1) is 11.8. The lowest BCUT2D eigenvalue weighted by Gasteiger charge is -2.24. The lowest BCUT2D eigenvalue weighted by molar-refractivity contribution is -0.125. The predicted octanol–water partition coefficient (Wildman–Crippen LogP) is 4.04. The van der Waals surface area contributed by atoms with E-state index < -0.39 is 0 Å². The zero-order valence-corrected chi connectivity index (χ0v) is 17.5. The molecule has 25 heavy (non-hydrogen) atoms. The van der Waals surface area contributed by atoms with E-state index in [4.69, 9.17) is 10.7 Å². The van der Waals surface area contributed by atoms with E-state index in [-0.39, 0.29) is 17.9 Å². The van der Waals surface area contributed by atoms with E-state index in [1.165, 1.54) is 4.88 Å². The smallest absolute Gasteiger partial charge is 0.223 e. The van der Waals surface area contributed by atoms with E-state index in [1.54, 1.807) is 11.3 Å². The number of carbonyl (C=O) groups excluding carboxylic acids is 1. The highest BCUT2D eigenvalue weighted by Gasteiger charge is 2.22. The number of hydrogen-bond donors (Lipinski definition) is 2. The van der Waals surface area contributed by atoms with Crippen molar-refractivity contribution in [2.45, 2.75) is 66.8 Å². The van der Waals surface area contributed by atoms with Crippen LogP contribution in [0.25, 0.3) is 6.08 Å². The molecular weight excluding hydrogens is 330 g/mol. The van der Waals surface area contributed by atoms with Gasteiger partial charge < -0.3 is 11.1 Å². The number of allylic oxidation sites excluding steroid dienone is 1. The molecule has 0 saturated carbocycles. The maximum absolute atomic E-state index is 12.5. The largest absolute Gasteiger partial charge is 0.352 e. The molecule has 142 valence electrons. The highest BCUT2D eigenvalue weighted by Crippen LogP contribution is 2.25. The highest BCUT2D eigenvalue weighted by molar-refractivity contribution is 7.12. The number of nitrogens with two attached hydrogens (primary N) is 1.